The molecule has 98 valence electrons. The van der Waals surface area contributed by atoms with Crippen molar-refractivity contribution in [3.05, 3.63) is 65.3 Å². The van der Waals surface area contributed by atoms with E-state index >= 15 is 0 Å². The topological polar surface area (TPSA) is 50.2 Å². The third kappa shape index (κ3) is 2.75. The van der Waals surface area contributed by atoms with Gasteiger partial charge in [-0.2, -0.15) is 10.2 Å². The second kappa shape index (κ2) is 5.67. The van der Waals surface area contributed by atoms with Gasteiger partial charge in [0.05, 0.1) is 12.4 Å². The SMILES string of the molecule is Clc1ccc(/C=N\Nc2nncc3ccccc23)cc1. The molecule has 0 amide bonds. The number of hydrazone groups is 1. The van der Waals surface area contributed by atoms with Gasteiger partial charge in [0.25, 0.3) is 0 Å². The van der Waals surface area contributed by atoms with Crippen LogP contribution in [0.2, 0.25) is 5.02 Å². The van der Waals surface area contributed by atoms with E-state index in [0.29, 0.717) is 10.8 Å². The third-order valence-electron chi connectivity index (χ3n) is 2.82. The maximum atomic E-state index is 5.83. The molecule has 0 bridgehead atoms. The molecule has 0 saturated carbocycles. The summed E-state index contributed by atoms with van der Waals surface area (Å²) in [6.45, 7) is 0. The minimum absolute atomic E-state index is 0.633. The van der Waals surface area contributed by atoms with Gasteiger partial charge < -0.3 is 0 Å². The Balaban J connectivity index is 1.81. The smallest absolute Gasteiger partial charge is 0.176 e. The minimum atomic E-state index is 0.633. The van der Waals surface area contributed by atoms with Gasteiger partial charge in [-0.15, -0.1) is 5.10 Å². The first-order chi connectivity index (χ1) is 9.83. The summed E-state index contributed by atoms with van der Waals surface area (Å²) in [5, 5.41) is 14.9. The molecule has 0 spiro atoms. The van der Waals surface area contributed by atoms with E-state index in [2.05, 4.69) is 20.7 Å². The van der Waals surface area contributed by atoms with Gasteiger partial charge in [0.1, 0.15) is 0 Å². The molecule has 0 saturated heterocycles. The monoisotopic (exact) mass is 282 g/mol. The largest absolute Gasteiger partial charge is 0.259 e. The van der Waals surface area contributed by atoms with Crippen molar-refractivity contribution in [3.8, 4) is 0 Å². The molecule has 4 nitrogen and oxygen atoms in total. The van der Waals surface area contributed by atoms with Crippen LogP contribution in [0.25, 0.3) is 10.8 Å². The van der Waals surface area contributed by atoms with Gasteiger partial charge in [-0.1, -0.05) is 48.0 Å². The van der Waals surface area contributed by atoms with E-state index in [4.69, 9.17) is 11.6 Å². The molecule has 3 rings (SSSR count). The van der Waals surface area contributed by atoms with Crippen LogP contribution in [-0.4, -0.2) is 16.4 Å². The maximum Gasteiger partial charge on any atom is 0.176 e. The average Bonchev–Trinajstić information content (AvgIpc) is 2.49. The van der Waals surface area contributed by atoms with E-state index in [0.717, 1.165) is 16.3 Å². The highest BCUT2D eigenvalue weighted by Gasteiger charge is 2.00. The highest BCUT2D eigenvalue weighted by Crippen LogP contribution is 2.19. The molecule has 1 N–H and O–H groups in total. The van der Waals surface area contributed by atoms with Crippen molar-refractivity contribution < 1.29 is 0 Å². The van der Waals surface area contributed by atoms with Crippen molar-refractivity contribution in [3.63, 3.8) is 0 Å². The number of aromatic nitrogens is 2. The van der Waals surface area contributed by atoms with Crippen LogP contribution in [0, 0.1) is 0 Å². The van der Waals surface area contributed by atoms with Gasteiger partial charge in [0, 0.05) is 15.8 Å². The van der Waals surface area contributed by atoms with Crippen LogP contribution in [0.4, 0.5) is 5.82 Å². The summed E-state index contributed by atoms with van der Waals surface area (Å²) in [5.74, 6) is 0.633. The molecule has 1 heterocycles. The Morgan fingerprint density at radius 3 is 2.70 bits per heavy atom. The highest BCUT2D eigenvalue weighted by atomic mass is 35.5. The second-order valence-electron chi connectivity index (χ2n) is 4.20. The fourth-order valence-corrected chi connectivity index (χ4v) is 1.95. The zero-order chi connectivity index (χ0) is 13.8. The normalized spacial score (nSPS) is 11.1. The molecular weight excluding hydrogens is 272 g/mol. The Labute approximate surface area is 121 Å². The molecule has 0 aliphatic carbocycles. The van der Waals surface area contributed by atoms with Crippen molar-refractivity contribution in [1.29, 1.82) is 0 Å². The summed E-state index contributed by atoms with van der Waals surface area (Å²) in [6.07, 6.45) is 3.43. The highest BCUT2D eigenvalue weighted by molar-refractivity contribution is 6.30. The number of hydrogen-bond acceptors (Lipinski definition) is 4. The van der Waals surface area contributed by atoms with E-state index < -0.39 is 0 Å². The molecule has 0 aliphatic heterocycles. The molecule has 0 unspecified atom stereocenters. The van der Waals surface area contributed by atoms with Crippen LogP contribution in [0.3, 0.4) is 0 Å². The first-order valence-electron chi connectivity index (χ1n) is 6.08. The summed E-state index contributed by atoms with van der Waals surface area (Å²) in [7, 11) is 0. The van der Waals surface area contributed by atoms with Crippen LogP contribution in [0.15, 0.2) is 59.8 Å². The van der Waals surface area contributed by atoms with Gasteiger partial charge >= 0.3 is 0 Å². The van der Waals surface area contributed by atoms with Crippen LogP contribution in [0.5, 0.6) is 0 Å². The lowest BCUT2D eigenvalue weighted by atomic mass is 10.2. The lowest BCUT2D eigenvalue weighted by molar-refractivity contribution is 1.04. The van der Waals surface area contributed by atoms with Gasteiger partial charge in [0.2, 0.25) is 0 Å². The summed E-state index contributed by atoms with van der Waals surface area (Å²) in [4.78, 5) is 0. The first-order valence-corrected chi connectivity index (χ1v) is 6.46. The number of nitrogens with zero attached hydrogens (tertiary/aromatic N) is 3. The second-order valence-corrected chi connectivity index (χ2v) is 4.64. The molecule has 3 aromatic rings. The zero-order valence-electron chi connectivity index (χ0n) is 10.5. The Bertz CT molecular complexity index is 748. The first kappa shape index (κ1) is 12.6. The fourth-order valence-electron chi connectivity index (χ4n) is 1.83. The predicted octanol–water partition coefficient (Wildman–Crippen LogP) is 3.73. The maximum absolute atomic E-state index is 5.83. The van der Waals surface area contributed by atoms with Crippen LogP contribution < -0.4 is 5.43 Å². The van der Waals surface area contributed by atoms with Crippen LogP contribution in [0.1, 0.15) is 5.56 Å². The number of anilines is 1. The van der Waals surface area contributed by atoms with E-state index in [1.165, 1.54) is 0 Å². The minimum Gasteiger partial charge on any atom is -0.259 e. The zero-order valence-corrected chi connectivity index (χ0v) is 11.2. The number of rotatable bonds is 3. The molecule has 0 radical (unpaired) electrons. The number of halogens is 1. The van der Waals surface area contributed by atoms with E-state index in [9.17, 15) is 0 Å². The lowest BCUT2D eigenvalue weighted by Crippen LogP contribution is -1.96. The molecular formula is C15H11ClN4. The van der Waals surface area contributed by atoms with Crippen LogP contribution >= 0.6 is 11.6 Å². The molecule has 5 heteroatoms. The number of benzene rings is 2. The van der Waals surface area contributed by atoms with E-state index in [-0.39, 0.29) is 0 Å². The lowest BCUT2D eigenvalue weighted by Gasteiger charge is -2.02. The molecule has 0 atom stereocenters. The number of nitrogens with one attached hydrogen (secondary N) is 1. The standard InChI is InChI=1S/C15H11ClN4/c16-13-7-5-11(6-8-13)9-17-19-15-14-4-2-1-3-12(14)10-18-20-15/h1-10H,(H,19,20)/b17-9-. The summed E-state index contributed by atoms with van der Waals surface area (Å²) >= 11 is 5.83. The Hall–Kier alpha value is -2.46. The van der Waals surface area contributed by atoms with Crippen molar-refractivity contribution in [1.82, 2.24) is 10.2 Å². The molecule has 20 heavy (non-hydrogen) atoms. The summed E-state index contributed by atoms with van der Waals surface area (Å²) in [6, 6.07) is 15.3. The van der Waals surface area contributed by atoms with E-state index in [1.54, 1.807) is 12.4 Å². The predicted molar refractivity (Wildman–Crippen MR) is 82.2 cm³/mol. The van der Waals surface area contributed by atoms with Gasteiger partial charge in [-0.3, -0.25) is 5.43 Å². The molecule has 0 fully saturated rings. The Morgan fingerprint density at radius 2 is 1.85 bits per heavy atom. The van der Waals surface area contributed by atoms with E-state index in [1.807, 2.05) is 48.5 Å². The van der Waals surface area contributed by atoms with Crippen molar-refractivity contribution in [2.75, 3.05) is 5.43 Å². The van der Waals surface area contributed by atoms with Crippen molar-refractivity contribution in [2.45, 2.75) is 0 Å². The Morgan fingerprint density at radius 1 is 1.05 bits per heavy atom. The molecule has 1 aromatic heterocycles. The van der Waals surface area contributed by atoms with Gasteiger partial charge in [0.15, 0.2) is 5.82 Å². The van der Waals surface area contributed by atoms with Crippen LogP contribution in [-0.2, 0) is 0 Å². The van der Waals surface area contributed by atoms with Crippen molar-refractivity contribution in [2.24, 2.45) is 5.10 Å². The summed E-state index contributed by atoms with van der Waals surface area (Å²) < 4.78 is 0. The fraction of sp³-hybridized carbons (Fsp3) is 0. The Kier molecular flexibility index (Phi) is 3.56. The third-order valence-corrected chi connectivity index (χ3v) is 3.08. The van der Waals surface area contributed by atoms with Crippen molar-refractivity contribution >= 4 is 34.4 Å². The average molecular weight is 283 g/mol. The van der Waals surface area contributed by atoms with Gasteiger partial charge in [-0.25, -0.2) is 0 Å². The molecule has 0 aliphatic rings. The quantitative estimate of drug-likeness (QED) is 0.588. The number of fused-ring (bicyclic) bond motifs is 1. The summed E-state index contributed by atoms with van der Waals surface area (Å²) in [5.41, 5.74) is 3.87. The molecule has 2 aromatic carbocycles. The number of hydrogen-bond donors (Lipinski definition) is 1. The van der Waals surface area contributed by atoms with Gasteiger partial charge in [-0.05, 0) is 17.7 Å².